The number of benzene rings is 6. The first kappa shape index (κ1) is 35.2. The Labute approximate surface area is 319 Å². The summed E-state index contributed by atoms with van der Waals surface area (Å²) in [6, 6.07) is 52.8. The van der Waals surface area contributed by atoms with Crippen molar-refractivity contribution in [1.82, 2.24) is 29.8 Å². The summed E-state index contributed by atoms with van der Waals surface area (Å²) in [4.78, 5) is 31.0. The van der Waals surface area contributed by atoms with Crippen molar-refractivity contribution in [2.45, 2.75) is 45.2 Å². The van der Waals surface area contributed by atoms with Crippen LogP contribution in [0.25, 0.3) is 33.4 Å². The van der Waals surface area contributed by atoms with E-state index in [1.165, 1.54) is 6.92 Å². The highest BCUT2D eigenvalue weighted by Gasteiger charge is 2.42. The fraction of sp³-hybridized carbons (Fsp3) is 0.149. The molecule has 0 unspecified atom stereocenters. The molecule has 0 saturated heterocycles. The van der Waals surface area contributed by atoms with Gasteiger partial charge in [0, 0.05) is 17.5 Å². The number of tetrazole rings is 1. The maximum Gasteiger partial charge on any atom is 0.261 e. The number of aromatic nitrogens is 6. The first-order chi connectivity index (χ1) is 27.0. The number of aryl methyl sites for hydroxylation is 1. The van der Waals surface area contributed by atoms with E-state index >= 15 is 0 Å². The maximum atomic E-state index is 14.0. The Kier molecular flexibility index (Phi) is 9.79. The Morgan fingerprint density at radius 3 is 1.85 bits per heavy atom. The first-order valence-corrected chi connectivity index (χ1v) is 18.7. The van der Waals surface area contributed by atoms with Crippen LogP contribution in [0.2, 0.25) is 0 Å². The van der Waals surface area contributed by atoms with Gasteiger partial charge in [0.15, 0.2) is 11.6 Å². The Balaban J connectivity index is 1.22. The van der Waals surface area contributed by atoms with E-state index in [4.69, 9.17) is 15.3 Å². The van der Waals surface area contributed by atoms with E-state index in [0.717, 1.165) is 57.6 Å². The summed E-state index contributed by atoms with van der Waals surface area (Å²) in [5, 5.41) is 14.2. The van der Waals surface area contributed by atoms with Gasteiger partial charge in [-0.25, -0.2) is 9.67 Å². The second-order valence-corrected chi connectivity index (χ2v) is 13.8. The zero-order valence-corrected chi connectivity index (χ0v) is 30.8. The molecule has 55 heavy (non-hydrogen) atoms. The summed E-state index contributed by atoms with van der Waals surface area (Å²) in [5.74, 6) is 1.28. The lowest BCUT2D eigenvalue weighted by Gasteiger charge is -2.36. The Hall–Kier alpha value is -6.80. The second kappa shape index (κ2) is 15.3. The quantitative estimate of drug-likeness (QED) is 0.0923. The third kappa shape index (κ3) is 6.56. The van der Waals surface area contributed by atoms with Crippen molar-refractivity contribution in [3.63, 3.8) is 0 Å². The number of carbonyl (C=O) groups is 1. The number of carbonyl (C=O) groups excluding carboxylic acids is 1. The molecule has 0 saturated carbocycles. The van der Waals surface area contributed by atoms with E-state index < -0.39 is 5.54 Å². The number of nitrogens with zero attached hydrogens (tertiary/aromatic N) is 6. The minimum absolute atomic E-state index is 0.0845. The maximum absolute atomic E-state index is 14.0. The summed E-state index contributed by atoms with van der Waals surface area (Å²) in [7, 11) is 0. The normalized spacial score (nSPS) is 11.5. The molecule has 0 atom stereocenters. The molecule has 8 nitrogen and oxygen atoms in total. The van der Waals surface area contributed by atoms with Crippen molar-refractivity contribution < 1.29 is 4.79 Å². The monoisotopic (exact) mass is 720 g/mol. The van der Waals surface area contributed by atoms with Gasteiger partial charge in [0.05, 0.1) is 17.4 Å². The van der Waals surface area contributed by atoms with E-state index in [-0.39, 0.29) is 11.3 Å². The van der Waals surface area contributed by atoms with Crippen molar-refractivity contribution in [2.24, 2.45) is 0 Å². The molecule has 2 aromatic heterocycles. The number of hydrogen-bond donors (Lipinski definition) is 0. The predicted molar refractivity (Wildman–Crippen MR) is 217 cm³/mol. The summed E-state index contributed by atoms with van der Waals surface area (Å²) in [5.41, 5.74) is 6.96. The summed E-state index contributed by atoms with van der Waals surface area (Å²) < 4.78 is 3.71. The van der Waals surface area contributed by atoms with Gasteiger partial charge in [0.1, 0.15) is 11.4 Å². The van der Waals surface area contributed by atoms with Gasteiger partial charge in [-0.05, 0) is 75.4 Å². The van der Waals surface area contributed by atoms with Gasteiger partial charge < -0.3 is 0 Å². The van der Waals surface area contributed by atoms with Crippen LogP contribution in [0.1, 0.15) is 65.1 Å². The number of hydrogen-bond acceptors (Lipinski definition) is 6. The Morgan fingerprint density at radius 2 is 1.27 bits per heavy atom. The van der Waals surface area contributed by atoms with Gasteiger partial charge >= 0.3 is 0 Å². The average Bonchev–Trinajstić information content (AvgIpc) is 3.73. The third-order valence-electron chi connectivity index (χ3n) is 10.3. The molecule has 0 amide bonds. The number of fused-ring (bicyclic) bond motifs is 1. The molecular weight excluding hydrogens is 681 g/mol. The van der Waals surface area contributed by atoms with Crippen LogP contribution in [0.15, 0.2) is 163 Å². The predicted octanol–water partition coefficient (Wildman–Crippen LogP) is 9.15. The van der Waals surface area contributed by atoms with E-state index in [9.17, 15) is 9.59 Å². The van der Waals surface area contributed by atoms with Gasteiger partial charge in [-0.1, -0.05) is 153 Å². The van der Waals surface area contributed by atoms with Crippen molar-refractivity contribution in [3.8, 4) is 22.5 Å². The number of Topliss-reactive ketones (excluding diaryl/α,β-unsaturated/α-hetero) is 1. The second-order valence-electron chi connectivity index (χ2n) is 13.8. The lowest BCUT2D eigenvalue weighted by atomic mass is 9.77. The standard InChI is InChI=1S/C47H40N6O2/c1-3-4-24-44-48-43-30-29-36(33(2)54)31-42(43)46(55)52(44)32-34-25-27-35(28-26-34)40-22-14-15-23-41(40)45-49-50-51-53(45)47(37-16-8-5-9-17-37,38-18-10-6-11-19-38)39-20-12-7-13-21-39/h5-23,25-31H,3-4,24,32H2,1-2H3. The molecule has 2 heterocycles. The summed E-state index contributed by atoms with van der Waals surface area (Å²) >= 11 is 0. The topological polar surface area (TPSA) is 95.6 Å². The largest absolute Gasteiger partial charge is 0.295 e. The van der Waals surface area contributed by atoms with Crippen LogP contribution in [-0.2, 0) is 18.5 Å². The smallest absolute Gasteiger partial charge is 0.261 e. The molecule has 0 aliphatic carbocycles. The van der Waals surface area contributed by atoms with Crippen molar-refractivity contribution >= 4 is 16.7 Å². The Bertz CT molecular complexity index is 2560. The highest BCUT2D eigenvalue weighted by molar-refractivity contribution is 5.97. The van der Waals surface area contributed by atoms with Gasteiger partial charge in [-0.15, -0.1) is 5.10 Å². The zero-order chi connectivity index (χ0) is 37.8. The SMILES string of the molecule is CCCCc1nc2ccc(C(C)=O)cc2c(=O)n1Cc1ccc(-c2ccccc2-c2nnnn2C(c2ccccc2)(c2ccccc2)c2ccccc2)cc1. The van der Waals surface area contributed by atoms with Crippen LogP contribution in [0, 0.1) is 0 Å². The van der Waals surface area contributed by atoms with Crippen molar-refractivity contribution in [3.05, 3.63) is 202 Å². The molecule has 8 rings (SSSR count). The number of ketones is 1. The Morgan fingerprint density at radius 1 is 0.691 bits per heavy atom. The minimum Gasteiger partial charge on any atom is -0.295 e. The molecule has 8 heteroatoms. The molecule has 0 radical (unpaired) electrons. The molecule has 0 aliphatic heterocycles. The molecule has 0 aliphatic rings. The highest BCUT2D eigenvalue weighted by atomic mass is 16.1. The van der Waals surface area contributed by atoms with Crippen LogP contribution >= 0.6 is 0 Å². The highest BCUT2D eigenvalue weighted by Crippen LogP contribution is 2.43. The number of unbranched alkanes of at least 4 members (excludes halogenated alkanes) is 1. The first-order valence-electron chi connectivity index (χ1n) is 18.7. The molecule has 0 N–H and O–H groups in total. The number of rotatable bonds is 12. The zero-order valence-electron chi connectivity index (χ0n) is 30.8. The molecule has 8 aromatic rings. The minimum atomic E-state index is -0.888. The van der Waals surface area contributed by atoms with Gasteiger partial charge in [0.2, 0.25) is 0 Å². The molecule has 0 fully saturated rings. The molecule has 270 valence electrons. The molecule has 0 bridgehead atoms. The van der Waals surface area contributed by atoms with E-state index in [2.05, 4.69) is 84.9 Å². The lowest BCUT2D eigenvalue weighted by molar-refractivity contribution is 0.101. The van der Waals surface area contributed by atoms with Gasteiger partial charge in [-0.3, -0.25) is 14.2 Å². The fourth-order valence-corrected chi connectivity index (χ4v) is 7.56. The van der Waals surface area contributed by atoms with Crippen molar-refractivity contribution in [1.29, 1.82) is 0 Å². The van der Waals surface area contributed by atoms with E-state index in [1.807, 2.05) is 71.4 Å². The molecular formula is C47H40N6O2. The third-order valence-corrected chi connectivity index (χ3v) is 10.3. The molecule has 6 aromatic carbocycles. The van der Waals surface area contributed by atoms with Crippen LogP contribution in [0.5, 0.6) is 0 Å². The van der Waals surface area contributed by atoms with Crippen LogP contribution < -0.4 is 5.56 Å². The van der Waals surface area contributed by atoms with E-state index in [1.54, 1.807) is 22.8 Å². The van der Waals surface area contributed by atoms with Crippen LogP contribution in [0.3, 0.4) is 0 Å². The summed E-state index contributed by atoms with van der Waals surface area (Å²) in [6.07, 6.45) is 2.59. The fourth-order valence-electron chi connectivity index (χ4n) is 7.56. The van der Waals surface area contributed by atoms with Crippen LogP contribution in [-0.4, -0.2) is 35.5 Å². The average molecular weight is 721 g/mol. The van der Waals surface area contributed by atoms with Gasteiger partial charge in [-0.2, -0.15) is 0 Å². The molecule has 0 spiro atoms. The lowest BCUT2D eigenvalue weighted by Crippen LogP contribution is -2.39. The van der Waals surface area contributed by atoms with Gasteiger partial charge in [0.25, 0.3) is 5.56 Å². The van der Waals surface area contributed by atoms with E-state index in [0.29, 0.717) is 35.3 Å². The van der Waals surface area contributed by atoms with Crippen molar-refractivity contribution in [2.75, 3.05) is 0 Å². The summed E-state index contributed by atoms with van der Waals surface area (Å²) in [6.45, 7) is 4.00. The van der Waals surface area contributed by atoms with Crippen LogP contribution in [0.4, 0.5) is 0 Å².